The van der Waals surface area contributed by atoms with Gasteiger partial charge in [-0.1, -0.05) is 25.3 Å². The molecule has 1 aromatic rings. The molecule has 0 heterocycles. The van der Waals surface area contributed by atoms with E-state index in [4.69, 9.17) is 0 Å². The molecule has 1 aliphatic carbocycles. The Hall–Kier alpha value is -1.07. The minimum atomic E-state index is -3.61. The summed E-state index contributed by atoms with van der Waals surface area (Å²) >= 11 is 0. The van der Waals surface area contributed by atoms with E-state index in [2.05, 4.69) is 4.72 Å². The fraction of sp³-hybridized carbons (Fsp3) is 0.538. The predicted octanol–water partition coefficient (Wildman–Crippen LogP) is 2.31. The average Bonchev–Trinajstić information content (AvgIpc) is 2.33. The highest BCUT2D eigenvalue weighted by molar-refractivity contribution is 7.89. The molecule has 4 nitrogen and oxygen atoms in total. The summed E-state index contributed by atoms with van der Waals surface area (Å²) in [7, 11) is -3.61. The van der Waals surface area contributed by atoms with Crippen molar-refractivity contribution in [2.75, 3.05) is 0 Å². The Morgan fingerprint density at radius 3 is 2.56 bits per heavy atom. The fourth-order valence-electron chi connectivity index (χ4n) is 2.34. The third-order valence-electron chi connectivity index (χ3n) is 3.33. The quantitative estimate of drug-likeness (QED) is 0.885. The second-order valence-electron chi connectivity index (χ2n) is 4.93. The SMILES string of the molecule is Cc1ccc(O)c(S(=O)(=O)NC2CCCCC2)c1. The molecule has 0 spiro atoms. The number of aryl methyl sites for hydroxylation is 1. The van der Waals surface area contributed by atoms with Gasteiger partial charge in [-0.05, 0) is 37.5 Å². The largest absolute Gasteiger partial charge is 0.507 e. The number of rotatable bonds is 3. The van der Waals surface area contributed by atoms with Crippen molar-refractivity contribution >= 4 is 10.0 Å². The van der Waals surface area contributed by atoms with Gasteiger partial charge in [0.2, 0.25) is 10.0 Å². The van der Waals surface area contributed by atoms with Gasteiger partial charge in [0.1, 0.15) is 10.6 Å². The van der Waals surface area contributed by atoms with Gasteiger partial charge in [0, 0.05) is 6.04 Å². The van der Waals surface area contributed by atoms with Gasteiger partial charge in [0.15, 0.2) is 0 Å². The van der Waals surface area contributed by atoms with E-state index in [-0.39, 0.29) is 16.7 Å². The first kappa shape index (κ1) is 13.4. The van der Waals surface area contributed by atoms with Crippen molar-refractivity contribution in [3.8, 4) is 5.75 Å². The lowest BCUT2D eigenvalue weighted by atomic mass is 9.96. The second-order valence-corrected chi connectivity index (χ2v) is 6.61. The molecule has 0 aliphatic heterocycles. The molecule has 0 bridgehead atoms. The van der Waals surface area contributed by atoms with Crippen LogP contribution in [0.4, 0.5) is 0 Å². The maximum absolute atomic E-state index is 12.2. The summed E-state index contributed by atoms with van der Waals surface area (Å²) < 4.78 is 27.1. The van der Waals surface area contributed by atoms with Gasteiger partial charge >= 0.3 is 0 Å². The summed E-state index contributed by atoms with van der Waals surface area (Å²) in [6.45, 7) is 1.80. The molecule has 5 heteroatoms. The van der Waals surface area contributed by atoms with Gasteiger partial charge < -0.3 is 5.11 Å². The molecule has 0 unspecified atom stereocenters. The fourth-order valence-corrected chi connectivity index (χ4v) is 3.83. The van der Waals surface area contributed by atoms with Gasteiger partial charge in [-0.2, -0.15) is 0 Å². The first-order chi connectivity index (χ1) is 8.49. The van der Waals surface area contributed by atoms with E-state index in [9.17, 15) is 13.5 Å². The van der Waals surface area contributed by atoms with Gasteiger partial charge in [-0.3, -0.25) is 0 Å². The zero-order valence-electron chi connectivity index (χ0n) is 10.5. The molecule has 1 aromatic carbocycles. The highest BCUT2D eigenvalue weighted by atomic mass is 32.2. The van der Waals surface area contributed by atoms with Crippen LogP contribution in [-0.2, 0) is 10.0 Å². The number of hydrogen-bond acceptors (Lipinski definition) is 3. The minimum Gasteiger partial charge on any atom is -0.507 e. The molecule has 0 aromatic heterocycles. The zero-order chi connectivity index (χ0) is 13.2. The van der Waals surface area contributed by atoms with Gasteiger partial charge in [-0.25, -0.2) is 13.1 Å². The summed E-state index contributed by atoms with van der Waals surface area (Å²) in [5.74, 6) is -0.191. The van der Waals surface area contributed by atoms with Crippen LogP contribution in [0.2, 0.25) is 0 Å². The predicted molar refractivity (Wildman–Crippen MR) is 70.0 cm³/mol. The minimum absolute atomic E-state index is 0.00339. The van der Waals surface area contributed by atoms with Crippen LogP contribution in [0.15, 0.2) is 23.1 Å². The molecular formula is C13H19NO3S. The van der Waals surface area contributed by atoms with Gasteiger partial charge in [-0.15, -0.1) is 0 Å². The molecule has 0 atom stereocenters. The van der Waals surface area contributed by atoms with Crippen LogP contribution in [0.3, 0.4) is 0 Å². The number of hydrogen-bond donors (Lipinski definition) is 2. The molecule has 18 heavy (non-hydrogen) atoms. The highest BCUT2D eigenvalue weighted by Gasteiger charge is 2.24. The maximum Gasteiger partial charge on any atom is 0.244 e. The van der Waals surface area contributed by atoms with Gasteiger partial charge in [0.05, 0.1) is 0 Å². The smallest absolute Gasteiger partial charge is 0.244 e. The monoisotopic (exact) mass is 269 g/mol. The first-order valence-electron chi connectivity index (χ1n) is 6.31. The van der Waals surface area contributed by atoms with E-state index in [1.807, 2.05) is 0 Å². The van der Waals surface area contributed by atoms with Crippen LogP contribution in [0, 0.1) is 6.92 Å². The third kappa shape index (κ3) is 3.03. The Morgan fingerprint density at radius 1 is 1.22 bits per heavy atom. The van der Waals surface area contributed by atoms with Gasteiger partial charge in [0.25, 0.3) is 0 Å². The van der Waals surface area contributed by atoms with Crippen molar-refractivity contribution in [1.29, 1.82) is 0 Å². The molecule has 1 saturated carbocycles. The Morgan fingerprint density at radius 2 is 1.89 bits per heavy atom. The number of phenolic OH excluding ortho intramolecular Hbond substituents is 1. The van der Waals surface area contributed by atoms with E-state index in [0.29, 0.717) is 0 Å². The Kier molecular flexibility index (Phi) is 3.92. The van der Waals surface area contributed by atoms with Crippen molar-refractivity contribution in [1.82, 2.24) is 4.72 Å². The third-order valence-corrected chi connectivity index (χ3v) is 4.88. The lowest BCUT2D eigenvalue weighted by Gasteiger charge is -2.22. The molecule has 0 saturated heterocycles. The summed E-state index contributed by atoms with van der Waals surface area (Å²) in [5, 5.41) is 9.68. The van der Waals surface area contributed by atoms with Crippen molar-refractivity contribution in [2.45, 2.75) is 50.0 Å². The molecule has 1 aliphatic rings. The number of phenols is 1. The number of benzene rings is 1. The molecule has 1 fully saturated rings. The molecular weight excluding hydrogens is 250 g/mol. The Labute approximate surface area is 108 Å². The van der Waals surface area contributed by atoms with Crippen molar-refractivity contribution in [2.24, 2.45) is 0 Å². The molecule has 2 N–H and O–H groups in total. The van der Waals surface area contributed by atoms with E-state index in [1.54, 1.807) is 13.0 Å². The first-order valence-corrected chi connectivity index (χ1v) is 7.79. The number of sulfonamides is 1. The highest BCUT2D eigenvalue weighted by Crippen LogP contribution is 2.25. The number of nitrogens with one attached hydrogen (secondary N) is 1. The zero-order valence-corrected chi connectivity index (χ0v) is 11.3. The Bertz CT molecular complexity index is 519. The van der Waals surface area contributed by atoms with Crippen molar-refractivity contribution in [3.05, 3.63) is 23.8 Å². The van der Waals surface area contributed by atoms with E-state index in [1.165, 1.54) is 18.6 Å². The van der Waals surface area contributed by atoms with Crippen LogP contribution >= 0.6 is 0 Å². The normalized spacial score (nSPS) is 17.8. The van der Waals surface area contributed by atoms with Crippen LogP contribution < -0.4 is 4.72 Å². The maximum atomic E-state index is 12.2. The van der Waals surface area contributed by atoms with E-state index >= 15 is 0 Å². The van der Waals surface area contributed by atoms with E-state index < -0.39 is 10.0 Å². The lowest BCUT2D eigenvalue weighted by molar-refractivity contribution is 0.410. The lowest BCUT2D eigenvalue weighted by Crippen LogP contribution is -2.36. The molecule has 0 radical (unpaired) electrons. The molecule has 0 amide bonds. The van der Waals surface area contributed by atoms with Crippen LogP contribution in [0.5, 0.6) is 5.75 Å². The second kappa shape index (κ2) is 5.28. The van der Waals surface area contributed by atoms with Crippen molar-refractivity contribution < 1.29 is 13.5 Å². The summed E-state index contributed by atoms with van der Waals surface area (Å²) in [6, 6.07) is 4.61. The summed E-state index contributed by atoms with van der Waals surface area (Å²) in [6.07, 6.45) is 5.06. The summed E-state index contributed by atoms with van der Waals surface area (Å²) in [4.78, 5) is -0.0203. The topological polar surface area (TPSA) is 66.4 Å². The molecule has 100 valence electrons. The van der Waals surface area contributed by atoms with Crippen LogP contribution in [-0.4, -0.2) is 19.6 Å². The average molecular weight is 269 g/mol. The van der Waals surface area contributed by atoms with Crippen LogP contribution in [0.1, 0.15) is 37.7 Å². The van der Waals surface area contributed by atoms with Crippen LogP contribution in [0.25, 0.3) is 0 Å². The van der Waals surface area contributed by atoms with Crippen molar-refractivity contribution in [3.63, 3.8) is 0 Å². The summed E-state index contributed by atoms with van der Waals surface area (Å²) in [5.41, 5.74) is 0.816. The standard InChI is InChI=1S/C13H19NO3S/c1-10-7-8-12(15)13(9-10)18(16,17)14-11-5-3-2-4-6-11/h7-9,11,14-15H,2-6H2,1H3. The molecule has 2 rings (SSSR count). The van der Waals surface area contributed by atoms with E-state index in [0.717, 1.165) is 31.2 Å². The number of aromatic hydroxyl groups is 1. The Balaban J connectivity index is 2.21.